The van der Waals surface area contributed by atoms with Gasteiger partial charge in [0, 0.05) is 5.56 Å². The van der Waals surface area contributed by atoms with Crippen molar-refractivity contribution in [1.29, 1.82) is 0 Å². The summed E-state index contributed by atoms with van der Waals surface area (Å²) >= 11 is 0. The molecule has 0 amide bonds. The maximum atomic E-state index is 5.91. The smallest absolute Gasteiger partial charge is 0.258 e. The summed E-state index contributed by atoms with van der Waals surface area (Å²) in [5, 5.41) is 6.21. The van der Waals surface area contributed by atoms with Gasteiger partial charge < -0.3 is 10.3 Å². The molecule has 4 heteroatoms. The molecule has 0 bridgehead atoms. The van der Waals surface area contributed by atoms with Crippen molar-refractivity contribution in [3.63, 3.8) is 0 Å². The highest BCUT2D eigenvalue weighted by molar-refractivity contribution is 5.94. The molecule has 1 aromatic heterocycles. The number of nitrogens with two attached hydrogens (primary N) is 1. The molecule has 1 heterocycles. The van der Waals surface area contributed by atoms with Crippen LogP contribution in [0.4, 0.5) is 0 Å². The van der Waals surface area contributed by atoms with Crippen molar-refractivity contribution < 1.29 is 4.52 Å². The van der Waals surface area contributed by atoms with Gasteiger partial charge >= 0.3 is 0 Å². The fourth-order valence-corrected chi connectivity index (χ4v) is 2.09. The second kappa shape index (κ2) is 4.82. The molecule has 0 spiro atoms. The third-order valence-corrected chi connectivity index (χ3v) is 3.23. The molecule has 19 heavy (non-hydrogen) atoms. The first kappa shape index (κ1) is 11.9. The van der Waals surface area contributed by atoms with E-state index in [1.54, 1.807) is 0 Å². The van der Waals surface area contributed by atoms with Crippen LogP contribution in [0.5, 0.6) is 0 Å². The molecule has 0 aliphatic heterocycles. The van der Waals surface area contributed by atoms with Crippen molar-refractivity contribution in [2.24, 2.45) is 5.73 Å². The van der Waals surface area contributed by atoms with Crippen LogP contribution in [-0.2, 0) is 0 Å². The molecule has 0 radical (unpaired) electrons. The van der Waals surface area contributed by atoms with E-state index in [0.717, 1.165) is 22.8 Å². The van der Waals surface area contributed by atoms with Gasteiger partial charge in [0.1, 0.15) is 0 Å². The first-order valence-electron chi connectivity index (χ1n) is 6.37. The normalized spacial score (nSPS) is 12.7. The molecule has 1 atom stereocenters. The summed E-state index contributed by atoms with van der Waals surface area (Å²) in [4.78, 5) is 4.40. The lowest BCUT2D eigenvalue weighted by atomic mass is 10.0. The minimum atomic E-state index is -0.174. The van der Waals surface area contributed by atoms with E-state index < -0.39 is 0 Å². The Kier molecular flexibility index (Phi) is 3.01. The van der Waals surface area contributed by atoms with Crippen molar-refractivity contribution in [2.45, 2.75) is 19.4 Å². The second-order valence-electron chi connectivity index (χ2n) is 4.50. The van der Waals surface area contributed by atoms with Crippen molar-refractivity contribution in [1.82, 2.24) is 10.1 Å². The average molecular weight is 253 g/mol. The fourth-order valence-electron chi connectivity index (χ4n) is 2.09. The number of rotatable bonds is 3. The molecule has 0 fully saturated rings. The van der Waals surface area contributed by atoms with Crippen LogP contribution in [0.2, 0.25) is 0 Å². The van der Waals surface area contributed by atoms with Crippen molar-refractivity contribution >= 4 is 10.8 Å². The molecule has 0 saturated heterocycles. The molecular formula is C15H15N3O. The molecule has 0 aliphatic rings. The quantitative estimate of drug-likeness (QED) is 0.777. The molecular weight excluding hydrogens is 238 g/mol. The third-order valence-electron chi connectivity index (χ3n) is 3.23. The molecule has 0 saturated carbocycles. The van der Waals surface area contributed by atoms with E-state index in [2.05, 4.69) is 22.3 Å². The number of aromatic nitrogens is 2. The zero-order valence-corrected chi connectivity index (χ0v) is 10.7. The first-order valence-corrected chi connectivity index (χ1v) is 6.37. The Morgan fingerprint density at radius 2 is 1.95 bits per heavy atom. The SMILES string of the molecule is CCC(N)c1noc(-c2cccc3ccccc23)n1. The fraction of sp³-hybridized carbons (Fsp3) is 0.200. The highest BCUT2D eigenvalue weighted by Crippen LogP contribution is 2.27. The largest absolute Gasteiger partial charge is 0.334 e. The number of hydrogen-bond acceptors (Lipinski definition) is 4. The van der Waals surface area contributed by atoms with Crippen LogP contribution in [-0.4, -0.2) is 10.1 Å². The van der Waals surface area contributed by atoms with Crippen LogP contribution < -0.4 is 5.73 Å². The Hall–Kier alpha value is -2.20. The standard InChI is InChI=1S/C15H15N3O/c1-2-13(16)14-17-15(19-18-14)12-9-5-7-10-6-3-4-8-11(10)12/h3-9,13H,2,16H2,1H3. The zero-order valence-electron chi connectivity index (χ0n) is 10.7. The van der Waals surface area contributed by atoms with Gasteiger partial charge in [-0.25, -0.2) is 0 Å². The van der Waals surface area contributed by atoms with Gasteiger partial charge in [-0.2, -0.15) is 4.98 Å². The first-order chi connectivity index (χ1) is 9.29. The van der Waals surface area contributed by atoms with Crippen LogP contribution in [0, 0.1) is 0 Å². The minimum Gasteiger partial charge on any atom is -0.334 e. The number of nitrogens with zero attached hydrogens (tertiary/aromatic N) is 2. The summed E-state index contributed by atoms with van der Waals surface area (Å²) in [6.07, 6.45) is 0.786. The van der Waals surface area contributed by atoms with E-state index >= 15 is 0 Å². The summed E-state index contributed by atoms with van der Waals surface area (Å²) in [5.74, 6) is 1.08. The molecule has 3 rings (SSSR count). The summed E-state index contributed by atoms with van der Waals surface area (Å²) in [5.41, 5.74) is 6.86. The van der Waals surface area contributed by atoms with Crippen LogP contribution >= 0.6 is 0 Å². The van der Waals surface area contributed by atoms with Gasteiger partial charge in [0.25, 0.3) is 5.89 Å². The zero-order chi connectivity index (χ0) is 13.2. The maximum Gasteiger partial charge on any atom is 0.258 e. The molecule has 96 valence electrons. The third kappa shape index (κ3) is 2.11. The highest BCUT2D eigenvalue weighted by atomic mass is 16.5. The minimum absolute atomic E-state index is 0.174. The molecule has 1 unspecified atom stereocenters. The van der Waals surface area contributed by atoms with Gasteiger partial charge in [0.15, 0.2) is 5.82 Å². The van der Waals surface area contributed by atoms with E-state index in [-0.39, 0.29) is 6.04 Å². The summed E-state index contributed by atoms with van der Waals surface area (Å²) in [7, 11) is 0. The lowest BCUT2D eigenvalue weighted by Gasteiger charge is -2.02. The van der Waals surface area contributed by atoms with Gasteiger partial charge in [-0.15, -0.1) is 0 Å². The van der Waals surface area contributed by atoms with E-state index in [0.29, 0.717) is 11.7 Å². The molecule has 0 aliphatic carbocycles. The van der Waals surface area contributed by atoms with Crippen molar-refractivity contribution in [3.05, 3.63) is 48.3 Å². The van der Waals surface area contributed by atoms with Crippen molar-refractivity contribution in [3.8, 4) is 11.5 Å². The number of fused-ring (bicyclic) bond motifs is 1. The van der Waals surface area contributed by atoms with Crippen molar-refractivity contribution in [2.75, 3.05) is 0 Å². The lowest BCUT2D eigenvalue weighted by molar-refractivity contribution is 0.415. The van der Waals surface area contributed by atoms with E-state index in [1.807, 2.05) is 37.3 Å². The number of hydrogen-bond donors (Lipinski definition) is 1. The van der Waals surface area contributed by atoms with Crippen LogP contribution in [0.3, 0.4) is 0 Å². The predicted molar refractivity (Wildman–Crippen MR) is 74.5 cm³/mol. The van der Waals surface area contributed by atoms with Gasteiger partial charge in [-0.3, -0.25) is 0 Å². The summed E-state index contributed by atoms with van der Waals surface area (Å²) in [6.45, 7) is 2.00. The Balaban J connectivity index is 2.12. The summed E-state index contributed by atoms with van der Waals surface area (Å²) in [6, 6.07) is 14.0. The van der Waals surface area contributed by atoms with E-state index in [1.165, 1.54) is 0 Å². The molecule has 4 nitrogen and oxygen atoms in total. The predicted octanol–water partition coefficient (Wildman–Crippen LogP) is 3.30. The average Bonchev–Trinajstić information content (AvgIpc) is 2.95. The molecule has 2 aromatic carbocycles. The van der Waals surface area contributed by atoms with Gasteiger partial charge in [0.05, 0.1) is 6.04 Å². The monoisotopic (exact) mass is 253 g/mol. The Morgan fingerprint density at radius 1 is 1.16 bits per heavy atom. The Morgan fingerprint density at radius 3 is 2.79 bits per heavy atom. The number of benzene rings is 2. The Bertz CT molecular complexity index is 700. The Labute approximate surface area is 111 Å². The van der Waals surface area contributed by atoms with E-state index in [4.69, 9.17) is 10.3 Å². The van der Waals surface area contributed by atoms with Crippen LogP contribution in [0.25, 0.3) is 22.2 Å². The van der Waals surface area contributed by atoms with Gasteiger partial charge in [-0.1, -0.05) is 48.5 Å². The highest BCUT2D eigenvalue weighted by Gasteiger charge is 2.15. The maximum absolute atomic E-state index is 5.91. The van der Waals surface area contributed by atoms with Crippen LogP contribution in [0.15, 0.2) is 47.0 Å². The topological polar surface area (TPSA) is 64.9 Å². The molecule has 3 aromatic rings. The second-order valence-corrected chi connectivity index (χ2v) is 4.50. The molecule has 2 N–H and O–H groups in total. The summed E-state index contributed by atoms with van der Waals surface area (Å²) < 4.78 is 5.34. The lowest BCUT2D eigenvalue weighted by Crippen LogP contribution is -2.10. The van der Waals surface area contributed by atoms with Gasteiger partial charge in [-0.05, 0) is 23.3 Å². The van der Waals surface area contributed by atoms with Gasteiger partial charge in [0.2, 0.25) is 0 Å². The van der Waals surface area contributed by atoms with Crippen LogP contribution in [0.1, 0.15) is 25.2 Å². The van der Waals surface area contributed by atoms with E-state index in [9.17, 15) is 0 Å².